The van der Waals surface area contributed by atoms with E-state index in [-0.39, 0.29) is 23.5 Å². The van der Waals surface area contributed by atoms with Crippen LogP contribution in [0.4, 0.5) is 17.3 Å². The molecule has 1 atom stereocenters. The molecule has 106 valence electrons. The summed E-state index contributed by atoms with van der Waals surface area (Å²) in [5, 5.41) is 13.9. The van der Waals surface area contributed by atoms with E-state index in [1.807, 2.05) is 13.8 Å². The summed E-state index contributed by atoms with van der Waals surface area (Å²) in [6, 6.07) is 2.64. The predicted octanol–water partition coefficient (Wildman–Crippen LogP) is 1.36. The number of anilines is 2. The van der Waals surface area contributed by atoms with Gasteiger partial charge in [0.25, 0.3) is 5.69 Å². The van der Waals surface area contributed by atoms with Crippen LogP contribution >= 0.6 is 0 Å². The number of nitrogens with two attached hydrogens (primary N) is 1. The number of methoxy groups -OCH3 is 1. The van der Waals surface area contributed by atoms with Crippen molar-refractivity contribution >= 4 is 17.3 Å². The van der Waals surface area contributed by atoms with Gasteiger partial charge in [-0.25, -0.2) is 10.8 Å². The van der Waals surface area contributed by atoms with Gasteiger partial charge in [0.05, 0.1) is 29.7 Å². The maximum Gasteiger partial charge on any atom is 0.276 e. The largest absolute Gasteiger partial charge is 0.383 e. The molecular formula is C11H19N5O3. The van der Waals surface area contributed by atoms with E-state index in [2.05, 4.69) is 15.7 Å². The van der Waals surface area contributed by atoms with Gasteiger partial charge >= 0.3 is 0 Å². The summed E-state index contributed by atoms with van der Waals surface area (Å²) >= 11 is 0. The van der Waals surface area contributed by atoms with Gasteiger partial charge in [-0.1, -0.05) is 13.8 Å². The Balaban J connectivity index is 2.98. The molecule has 0 radical (unpaired) electrons. The summed E-state index contributed by atoms with van der Waals surface area (Å²) in [5.74, 6) is 6.16. The minimum absolute atomic E-state index is 0.00475. The third-order valence-corrected chi connectivity index (χ3v) is 2.65. The monoisotopic (exact) mass is 269 g/mol. The van der Waals surface area contributed by atoms with E-state index >= 15 is 0 Å². The Morgan fingerprint density at radius 3 is 2.58 bits per heavy atom. The first-order chi connectivity index (χ1) is 8.97. The molecule has 0 bridgehead atoms. The standard InChI is InChI=1S/C11H19N5O3/c1-7(2)9(6-19-3)13-10-4-8(16(17)18)5-11(14-10)15-12/h4-5,7,9H,6,12H2,1-3H3,(H2,13,14,15). The van der Waals surface area contributed by atoms with Gasteiger partial charge < -0.3 is 15.5 Å². The molecular weight excluding hydrogens is 250 g/mol. The minimum atomic E-state index is -0.492. The highest BCUT2D eigenvalue weighted by Crippen LogP contribution is 2.21. The van der Waals surface area contributed by atoms with E-state index < -0.39 is 4.92 Å². The Labute approximate surface area is 111 Å². The Hall–Kier alpha value is -1.93. The molecule has 0 amide bonds. The number of nitrogens with zero attached hydrogens (tertiary/aromatic N) is 2. The molecule has 1 rings (SSSR count). The van der Waals surface area contributed by atoms with E-state index in [4.69, 9.17) is 10.6 Å². The van der Waals surface area contributed by atoms with Gasteiger partial charge in [0.15, 0.2) is 0 Å². The molecule has 0 fully saturated rings. The van der Waals surface area contributed by atoms with Gasteiger partial charge in [0.2, 0.25) is 0 Å². The fraction of sp³-hybridized carbons (Fsp3) is 0.545. The first-order valence-corrected chi connectivity index (χ1v) is 5.86. The van der Waals surface area contributed by atoms with Crippen LogP contribution in [0, 0.1) is 16.0 Å². The Bertz CT molecular complexity index is 438. The van der Waals surface area contributed by atoms with Crippen LogP contribution in [-0.4, -0.2) is 29.7 Å². The second kappa shape index (κ2) is 6.86. The summed E-state index contributed by atoms with van der Waals surface area (Å²) in [4.78, 5) is 14.5. The molecule has 1 unspecified atom stereocenters. The van der Waals surface area contributed by atoms with Gasteiger partial charge in [-0.2, -0.15) is 0 Å². The molecule has 0 aliphatic heterocycles. The molecule has 1 aromatic heterocycles. The lowest BCUT2D eigenvalue weighted by molar-refractivity contribution is -0.384. The second-order valence-electron chi connectivity index (χ2n) is 4.45. The zero-order chi connectivity index (χ0) is 14.4. The van der Waals surface area contributed by atoms with Crippen molar-refractivity contribution in [3.05, 3.63) is 22.2 Å². The van der Waals surface area contributed by atoms with Crippen LogP contribution in [0.25, 0.3) is 0 Å². The fourth-order valence-corrected chi connectivity index (χ4v) is 1.54. The molecule has 4 N–H and O–H groups in total. The number of ether oxygens (including phenoxy) is 1. The highest BCUT2D eigenvalue weighted by atomic mass is 16.6. The zero-order valence-corrected chi connectivity index (χ0v) is 11.2. The highest BCUT2D eigenvalue weighted by Gasteiger charge is 2.16. The molecule has 19 heavy (non-hydrogen) atoms. The van der Waals surface area contributed by atoms with Crippen molar-refractivity contribution < 1.29 is 9.66 Å². The molecule has 8 heteroatoms. The quantitative estimate of drug-likeness (QED) is 0.389. The topological polar surface area (TPSA) is 115 Å². The smallest absolute Gasteiger partial charge is 0.276 e. The van der Waals surface area contributed by atoms with Crippen molar-refractivity contribution in [1.82, 2.24) is 4.98 Å². The average molecular weight is 269 g/mol. The van der Waals surface area contributed by atoms with Crippen LogP contribution in [0.3, 0.4) is 0 Å². The fourth-order valence-electron chi connectivity index (χ4n) is 1.54. The summed E-state index contributed by atoms with van der Waals surface area (Å²) in [6.07, 6.45) is 0. The molecule has 0 spiro atoms. The maximum absolute atomic E-state index is 10.8. The van der Waals surface area contributed by atoms with Gasteiger partial charge in [0.1, 0.15) is 11.6 Å². The predicted molar refractivity (Wildman–Crippen MR) is 72.8 cm³/mol. The van der Waals surface area contributed by atoms with Crippen molar-refractivity contribution in [2.45, 2.75) is 19.9 Å². The summed E-state index contributed by atoms with van der Waals surface area (Å²) in [5.41, 5.74) is 2.23. The van der Waals surface area contributed by atoms with Gasteiger partial charge in [-0.15, -0.1) is 0 Å². The van der Waals surface area contributed by atoms with Crippen LogP contribution in [0.1, 0.15) is 13.8 Å². The minimum Gasteiger partial charge on any atom is -0.383 e. The molecule has 1 aromatic rings. The summed E-state index contributed by atoms with van der Waals surface area (Å²) < 4.78 is 5.11. The Kier molecular flexibility index (Phi) is 5.46. The van der Waals surface area contributed by atoms with Crippen molar-refractivity contribution in [3.63, 3.8) is 0 Å². The first kappa shape index (κ1) is 15.1. The van der Waals surface area contributed by atoms with Crippen LogP contribution in [-0.2, 0) is 4.74 Å². The Morgan fingerprint density at radius 2 is 2.11 bits per heavy atom. The first-order valence-electron chi connectivity index (χ1n) is 5.86. The van der Waals surface area contributed by atoms with Crippen molar-refractivity contribution in [3.8, 4) is 0 Å². The molecule has 0 saturated carbocycles. The number of rotatable bonds is 7. The van der Waals surface area contributed by atoms with Crippen molar-refractivity contribution in [2.24, 2.45) is 11.8 Å². The summed E-state index contributed by atoms with van der Waals surface area (Å²) in [7, 11) is 1.60. The molecule has 0 aliphatic carbocycles. The maximum atomic E-state index is 10.8. The van der Waals surface area contributed by atoms with Gasteiger partial charge in [-0.3, -0.25) is 10.1 Å². The number of hydrogen-bond donors (Lipinski definition) is 3. The lowest BCUT2D eigenvalue weighted by atomic mass is 10.1. The molecule has 0 aliphatic rings. The van der Waals surface area contributed by atoms with Gasteiger partial charge in [0, 0.05) is 7.11 Å². The van der Waals surface area contributed by atoms with Crippen LogP contribution in [0.2, 0.25) is 0 Å². The number of nitrogen functional groups attached to an aromatic ring is 1. The van der Waals surface area contributed by atoms with Crippen LogP contribution < -0.4 is 16.6 Å². The van der Waals surface area contributed by atoms with E-state index in [0.29, 0.717) is 12.4 Å². The number of nitro groups is 1. The Morgan fingerprint density at radius 1 is 1.47 bits per heavy atom. The van der Waals surface area contributed by atoms with E-state index in [0.717, 1.165) is 0 Å². The van der Waals surface area contributed by atoms with Crippen molar-refractivity contribution in [2.75, 3.05) is 24.5 Å². The SMILES string of the molecule is COCC(Nc1cc([N+](=O)[O-])cc(NN)n1)C(C)C. The van der Waals surface area contributed by atoms with E-state index in [1.165, 1.54) is 12.1 Å². The van der Waals surface area contributed by atoms with Gasteiger partial charge in [-0.05, 0) is 5.92 Å². The van der Waals surface area contributed by atoms with Crippen LogP contribution in [0.5, 0.6) is 0 Å². The molecule has 8 nitrogen and oxygen atoms in total. The molecule has 0 saturated heterocycles. The third-order valence-electron chi connectivity index (χ3n) is 2.65. The normalized spacial score (nSPS) is 12.3. The van der Waals surface area contributed by atoms with Crippen molar-refractivity contribution in [1.29, 1.82) is 0 Å². The number of hydrazine groups is 1. The third kappa shape index (κ3) is 4.34. The van der Waals surface area contributed by atoms with E-state index in [1.54, 1.807) is 7.11 Å². The average Bonchev–Trinajstić information content (AvgIpc) is 2.37. The zero-order valence-electron chi connectivity index (χ0n) is 11.2. The number of aromatic nitrogens is 1. The lowest BCUT2D eigenvalue weighted by Crippen LogP contribution is -2.31. The number of nitrogens with one attached hydrogen (secondary N) is 2. The second-order valence-corrected chi connectivity index (χ2v) is 4.45. The molecule has 1 heterocycles. The summed E-state index contributed by atoms with van der Waals surface area (Å²) in [6.45, 7) is 4.53. The number of pyridine rings is 1. The highest BCUT2D eigenvalue weighted by molar-refractivity contribution is 5.54. The molecule has 0 aromatic carbocycles. The lowest BCUT2D eigenvalue weighted by Gasteiger charge is -2.22. The van der Waals surface area contributed by atoms with E-state index in [9.17, 15) is 10.1 Å². The van der Waals surface area contributed by atoms with Crippen LogP contribution in [0.15, 0.2) is 12.1 Å². The number of hydrogen-bond acceptors (Lipinski definition) is 7.